The summed E-state index contributed by atoms with van der Waals surface area (Å²) in [7, 11) is -3.31. The molecule has 1 aromatic rings. The van der Waals surface area contributed by atoms with Gasteiger partial charge < -0.3 is 5.11 Å². The minimum atomic E-state index is -3.31. The number of nitrogens with one attached hydrogen (secondary N) is 1. The Morgan fingerprint density at radius 3 is 2.67 bits per heavy atom. The topological polar surface area (TPSA) is 66.4 Å². The van der Waals surface area contributed by atoms with E-state index in [2.05, 4.69) is 4.72 Å². The maximum atomic E-state index is 11.7. The largest absolute Gasteiger partial charge is 0.392 e. The van der Waals surface area contributed by atoms with Gasteiger partial charge in [0, 0.05) is 12.4 Å². The van der Waals surface area contributed by atoms with Gasteiger partial charge in [0.25, 0.3) is 0 Å². The van der Waals surface area contributed by atoms with Crippen LogP contribution in [0.5, 0.6) is 0 Å². The monoisotopic (exact) mass is 291 g/mol. The first-order valence-corrected chi connectivity index (χ1v) is 7.87. The Hall–Kier alpha value is -0.620. The Morgan fingerprint density at radius 2 is 2.06 bits per heavy atom. The lowest BCUT2D eigenvalue weighted by Crippen LogP contribution is -2.29. The normalized spacial score (nSPS) is 13.5. The van der Waals surface area contributed by atoms with E-state index in [-0.39, 0.29) is 24.8 Å². The van der Waals surface area contributed by atoms with E-state index in [9.17, 15) is 8.42 Å². The van der Waals surface area contributed by atoms with Crippen molar-refractivity contribution in [3.8, 4) is 0 Å². The third-order valence-corrected chi connectivity index (χ3v) is 4.56. The van der Waals surface area contributed by atoms with Gasteiger partial charge in [-0.15, -0.1) is 11.6 Å². The average Bonchev–Trinajstić information content (AvgIpc) is 2.36. The van der Waals surface area contributed by atoms with Crippen LogP contribution in [0, 0.1) is 5.92 Å². The smallest absolute Gasteiger partial charge is 0.212 e. The van der Waals surface area contributed by atoms with Crippen LogP contribution in [0.3, 0.4) is 0 Å². The summed E-state index contributed by atoms with van der Waals surface area (Å²) in [6.45, 7) is 1.97. The Labute approximate surface area is 113 Å². The highest BCUT2D eigenvalue weighted by atomic mass is 35.5. The molecule has 102 valence electrons. The molecule has 0 aliphatic heterocycles. The molecule has 0 aromatic heterocycles. The van der Waals surface area contributed by atoms with E-state index in [0.29, 0.717) is 5.88 Å². The molecule has 0 radical (unpaired) electrons. The maximum Gasteiger partial charge on any atom is 0.212 e. The summed E-state index contributed by atoms with van der Waals surface area (Å²) >= 11 is 5.59. The lowest BCUT2D eigenvalue weighted by atomic mass is 10.1. The van der Waals surface area contributed by atoms with Crippen molar-refractivity contribution in [3.05, 3.63) is 35.4 Å². The summed E-state index contributed by atoms with van der Waals surface area (Å²) < 4.78 is 25.9. The van der Waals surface area contributed by atoms with Gasteiger partial charge in [-0.25, -0.2) is 13.1 Å². The molecule has 1 unspecified atom stereocenters. The minimum Gasteiger partial charge on any atom is -0.392 e. The number of aliphatic hydroxyl groups excluding tert-OH is 1. The van der Waals surface area contributed by atoms with Crippen LogP contribution >= 0.6 is 11.6 Å². The molecular weight excluding hydrogens is 274 g/mol. The molecule has 2 N–H and O–H groups in total. The Balaban J connectivity index is 2.58. The van der Waals surface area contributed by atoms with Gasteiger partial charge in [-0.3, -0.25) is 0 Å². The second-order valence-corrected chi connectivity index (χ2v) is 6.50. The van der Waals surface area contributed by atoms with E-state index < -0.39 is 10.0 Å². The molecule has 0 aliphatic carbocycles. The van der Waals surface area contributed by atoms with E-state index in [0.717, 1.165) is 11.1 Å². The number of aliphatic hydroxyl groups is 1. The van der Waals surface area contributed by atoms with Crippen molar-refractivity contribution in [2.75, 3.05) is 11.6 Å². The first kappa shape index (κ1) is 15.4. The molecule has 1 rings (SSSR count). The van der Waals surface area contributed by atoms with Crippen molar-refractivity contribution in [1.29, 1.82) is 0 Å². The van der Waals surface area contributed by atoms with E-state index >= 15 is 0 Å². The van der Waals surface area contributed by atoms with Crippen LogP contribution in [0.25, 0.3) is 0 Å². The summed E-state index contributed by atoms with van der Waals surface area (Å²) in [4.78, 5) is 0. The van der Waals surface area contributed by atoms with Gasteiger partial charge in [0.15, 0.2) is 0 Å². The van der Waals surface area contributed by atoms with Gasteiger partial charge >= 0.3 is 0 Å². The number of alkyl halides is 1. The number of halogens is 1. The second-order valence-electron chi connectivity index (χ2n) is 4.34. The zero-order valence-corrected chi connectivity index (χ0v) is 11.8. The number of sulfonamides is 1. The number of benzene rings is 1. The van der Waals surface area contributed by atoms with E-state index in [1.54, 1.807) is 25.1 Å². The third kappa shape index (κ3) is 5.35. The molecule has 0 spiro atoms. The molecule has 0 heterocycles. The summed E-state index contributed by atoms with van der Waals surface area (Å²) in [5, 5.41) is 8.99. The van der Waals surface area contributed by atoms with Crippen LogP contribution in [-0.2, 0) is 23.2 Å². The van der Waals surface area contributed by atoms with Gasteiger partial charge in [0.2, 0.25) is 10.0 Å². The molecule has 0 aliphatic rings. The summed E-state index contributed by atoms with van der Waals surface area (Å²) in [6, 6.07) is 7.16. The van der Waals surface area contributed by atoms with Crippen molar-refractivity contribution < 1.29 is 13.5 Å². The van der Waals surface area contributed by atoms with Crippen molar-refractivity contribution in [1.82, 2.24) is 4.72 Å². The number of hydrogen-bond acceptors (Lipinski definition) is 3. The Bertz CT molecular complexity index is 476. The van der Waals surface area contributed by atoms with Crippen molar-refractivity contribution in [2.45, 2.75) is 20.1 Å². The number of hydrogen-bond donors (Lipinski definition) is 2. The molecule has 0 saturated carbocycles. The lowest BCUT2D eigenvalue weighted by Gasteiger charge is -2.10. The average molecular weight is 292 g/mol. The Morgan fingerprint density at radius 1 is 1.39 bits per heavy atom. The highest BCUT2D eigenvalue weighted by Crippen LogP contribution is 2.07. The predicted octanol–water partition coefficient (Wildman–Crippen LogP) is 1.47. The molecule has 6 heteroatoms. The van der Waals surface area contributed by atoms with Gasteiger partial charge in [-0.2, -0.15) is 0 Å². The fraction of sp³-hybridized carbons (Fsp3) is 0.500. The molecule has 1 aromatic carbocycles. The predicted molar refractivity (Wildman–Crippen MR) is 72.9 cm³/mol. The summed E-state index contributed by atoms with van der Waals surface area (Å²) in [6.07, 6.45) is 0. The fourth-order valence-electron chi connectivity index (χ4n) is 1.51. The highest BCUT2D eigenvalue weighted by molar-refractivity contribution is 7.89. The van der Waals surface area contributed by atoms with Gasteiger partial charge in [0.1, 0.15) is 0 Å². The summed E-state index contributed by atoms with van der Waals surface area (Å²) in [5.74, 6) is 0.268. The first-order chi connectivity index (χ1) is 8.46. The molecule has 0 bridgehead atoms. The molecule has 0 amide bonds. The fourth-order valence-corrected chi connectivity index (χ4v) is 3.12. The van der Waals surface area contributed by atoms with Crippen LogP contribution in [0.1, 0.15) is 18.1 Å². The molecule has 4 nitrogen and oxygen atoms in total. The molecule has 18 heavy (non-hydrogen) atoms. The number of rotatable bonds is 7. The van der Waals surface area contributed by atoms with Crippen molar-refractivity contribution in [2.24, 2.45) is 5.92 Å². The van der Waals surface area contributed by atoms with Gasteiger partial charge in [-0.1, -0.05) is 31.2 Å². The molecule has 1 atom stereocenters. The van der Waals surface area contributed by atoms with Crippen LogP contribution in [0.15, 0.2) is 24.3 Å². The maximum absolute atomic E-state index is 11.7. The molecule has 0 fully saturated rings. The van der Waals surface area contributed by atoms with Crippen molar-refractivity contribution in [3.63, 3.8) is 0 Å². The second kappa shape index (κ2) is 7.09. The van der Waals surface area contributed by atoms with Gasteiger partial charge in [0.05, 0.1) is 12.4 Å². The quantitative estimate of drug-likeness (QED) is 0.748. The zero-order valence-electron chi connectivity index (χ0n) is 10.3. The van der Waals surface area contributed by atoms with Crippen LogP contribution < -0.4 is 4.72 Å². The van der Waals surface area contributed by atoms with Gasteiger partial charge in [-0.05, 0) is 17.0 Å². The lowest BCUT2D eigenvalue weighted by molar-refractivity contribution is 0.281. The third-order valence-electron chi connectivity index (χ3n) is 2.44. The Kier molecular flexibility index (Phi) is 6.08. The van der Waals surface area contributed by atoms with E-state index in [1.165, 1.54) is 0 Å². The zero-order chi connectivity index (χ0) is 13.6. The molecule has 0 saturated heterocycles. The van der Waals surface area contributed by atoms with Crippen LogP contribution in [0.4, 0.5) is 0 Å². The first-order valence-electron chi connectivity index (χ1n) is 5.69. The van der Waals surface area contributed by atoms with E-state index in [4.69, 9.17) is 16.7 Å². The van der Waals surface area contributed by atoms with Crippen LogP contribution in [0.2, 0.25) is 0 Å². The summed E-state index contributed by atoms with van der Waals surface area (Å²) in [5.41, 5.74) is 1.59. The SMILES string of the molecule is CC(CCl)CS(=O)(=O)NCc1cccc(CO)c1. The van der Waals surface area contributed by atoms with Crippen LogP contribution in [-0.4, -0.2) is 25.2 Å². The molecular formula is C12H18ClNO3S. The minimum absolute atomic E-state index is 0.0240. The van der Waals surface area contributed by atoms with Crippen molar-refractivity contribution >= 4 is 21.6 Å². The highest BCUT2D eigenvalue weighted by Gasteiger charge is 2.14. The van der Waals surface area contributed by atoms with E-state index in [1.807, 2.05) is 6.07 Å². The standard InChI is InChI=1S/C12H18ClNO3S/c1-10(6-13)9-18(16,17)14-7-11-3-2-4-12(5-11)8-15/h2-5,10,14-15H,6-9H2,1H3.